The summed E-state index contributed by atoms with van der Waals surface area (Å²) in [6.07, 6.45) is 1.91. The second kappa shape index (κ2) is 8.53. The number of rotatable bonds is 7. The smallest absolute Gasteiger partial charge is 0.407 e. The van der Waals surface area contributed by atoms with Crippen molar-refractivity contribution in [2.75, 3.05) is 13.2 Å². The first-order chi connectivity index (χ1) is 8.77. The molecular weight excluding hydrogens is 230 g/mol. The van der Waals surface area contributed by atoms with Gasteiger partial charge in [0.05, 0.1) is 12.6 Å². The molecule has 4 nitrogen and oxygen atoms in total. The molecule has 4 heteroatoms. The van der Waals surface area contributed by atoms with E-state index in [2.05, 4.69) is 5.32 Å². The highest BCUT2D eigenvalue weighted by molar-refractivity contribution is 5.67. The van der Waals surface area contributed by atoms with Gasteiger partial charge in [-0.2, -0.15) is 0 Å². The lowest BCUT2D eigenvalue weighted by Crippen LogP contribution is -2.30. The van der Waals surface area contributed by atoms with E-state index in [1.165, 1.54) is 0 Å². The molecule has 0 aliphatic carbocycles. The molecule has 0 aliphatic heterocycles. The van der Waals surface area contributed by atoms with Crippen molar-refractivity contribution in [3.63, 3.8) is 0 Å². The van der Waals surface area contributed by atoms with Gasteiger partial charge in [-0.15, -0.1) is 0 Å². The van der Waals surface area contributed by atoms with Gasteiger partial charge < -0.3 is 15.2 Å². The highest BCUT2D eigenvalue weighted by Gasteiger charge is 2.14. The minimum Gasteiger partial charge on any atom is -0.450 e. The minimum atomic E-state index is -0.425. The lowest BCUT2D eigenvalue weighted by Gasteiger charge is -2.18. The average molecular weight is 251 g/mol. The Morgan fingerprint density at radius 3 is 2.72 bits per heavy atom. The van der Waals surface area contributed by atoms with Crippen molar-refractivity contribution >= 4 is 6.09 Å². The van der Waals surface area contributed by atoms with E-state index < -0.39 is 6.09 Å². The third-order valence-corrected chi connectivity index (χ3v) is 2.64. The molecule has 2 N–H and O–H groups in total. The van der Waals surface area contributed by atoms with Crippen LogP contribution in [0.4, 0.5) is 4.79 Å². The van der Waals surface area contributed by atoms with Crippen molar-refractivity contribution in [1.29, 1.82) is 0 Å². The second-order valence-corrected chi connectivity index (χ2v) is 4.11. The van der Waals surface area contributed by atoms with Gasteiger partial charge >= 0.3 is 6.09 Å². The van der Waals surface area contributed by atoms with Crippen molar-refractivity contribution in [2.45, 2.75) is 32.2 Å². The largest absolute Gasteiger partial charge is 0.450 e. The van der Waals surface area contributed by atoms with Crippen LogP contribution in [0, 0.1) is 0 Å². The highest BCUT2D eigenvalue weighted by Crippen LogP contribution is 2.16. The van der Waals surface area contributed by atoms with E-state index in [1.54, 1.807) is 0 Å². The van der Waals surface area contributed by atoms with Gasteiger partial charge in [0.15, 0.2) is 0 Å². The van der Waals surface area contributed by atoms with Crippen molar-refractivity contribution in [3.8, 4) is 0 Å². The molecular formula is C14H21NO3. The number of amides is 1. The predicted octanol–water partition coefficient (Wildman–Crippen LogP) is 2.64. The summed E-state index contributed by atoms with van der Waals surface area (Å²) in [5.74, 6) is 0. The van der Waals surface area contributed by atoms with E-state index in [0.717, 1.165) is 18.4 Å². The van der Waals surface area contributed by atoms with Crippen LogP contribution in [-0.4, -0.2) is 24.4 Å². The number of aliphatic hydroxyl groups excluding tert-OH is 1. The molecule has 1 atom stereocenters. The van der Waals surface area contributed by atoms with Crippen molar-refractivity contribution < 1.29 is 14.6 Å². The fraction of sp³-hybridized carbons (Fsp3) is 0.500. The SMILES string of the molecule is CCCCOC(=O)NC(CCO)c1ccccc1. The zero-order chi connectivity index (χ0) is 13.2. The molecule has 0 heterocycles. The number of benzene rings is 1. The average Bonchev–Trinajstić information content (AvgIpc) is 2.39. The first-order valence-corrected chi connectivity index (χ1v) is 6.37. The Balaban J connectivity index is 2.50. The summed E-state index contributed by atoms with van der Waals surface area (Å²) in [7, 11) is 0. The number of ether oxygens (including phenoxy) is 1. The first kappa shape index (κ1) is 14.5. The summed E-state index contributed by atoms with van der Waals surface area (Å²) >= 11 is 0. The van der Waals surface area contributed by atoms with Gasteiger partial charge in [0.2, 0.25) is 0 Å². The van der Waals surface area contributed by atoms with Crippen LogP contribution < -0.4 is 5.32 Å². The van der Waals surface area contributed by atoms with Crippen LogP contribution in [0.3, 0.4) is 0 Å². The molecule has 0 aliphatic rings. The summed E-state index contributed by atoms with van der Waals surface area (Å²) in [6, 6.07) is 9.37. The van der Waals surface area contributed by atoms with E-state index in [-0.39, 0.29) is 12.6 Å². The van der Waals surface area contributed by atoms with E-state index in [1.807, 2.05) is 37.3 Å². The Morgan fingerprint density at radius 2 is 2.11 bits per heavy atom. The number of aliphatic hydroxyl groups is 1. The van der Waals surface area contributed by atoms with E-state index in [0.29, 0.717) is 13.0 Å². The van der Waals surface area contributed by atoms with Crippen LogP contribution in [0.5, 0.6) is 0 Å². The summed E-state index contributed by atoms with van der Waals surface area (Å²) in [5, 5.41) is 11.8. The lowest BCUT2D eigenvalue weighted by molar-refractivity contribution is 0.138. The highest BCUT2D eigenvalue weighted by atomic mass is 16.5. The van der Waals surface area contributed by atoms with E-state index >= 15 is 0 Å². The monoisotopic (exact) mass is 251 g/mol. The lowest BCUT2D eigenvalue weighted by atomic mass is 10.0. The number of nitrogens with one attached hydrogen (secondary N) is 1. The number of alkyl carbamates (subject to hydrolysis) is 1. The molecule has 18 heavy (non-hydrogen) atoms. The standard InChI is InChI=1S/C14H21NO3/c1-2-3-11-18-14(17)15-13(9-10-16)12-7-5-4-6-8-12/h4-8,13,16H,2-3,9-11H2,1H3,(H,15,17). The maximum atomic E-state index is 11.6. The molecule has 1 aromatic carbocycles. The van der Waals surface area contributed by atoms with Crippen LogP contribution in [0.15, 0.2) is 30.3 Å². The van der Waals surface area contributed by atoms with Gasteiger partial charge in [0, 0.05) is 6.61 Å². The summed E-state index contributed by atoms with van der Waals surface area (Å²) < 4.78 is 5.05. The number of unbranched alkanes of at least 4 members (excludes halogenated alkanes) is 1. The van der Waals surface area contributed by atoms with Crippen LogP contribution in [0.25, 0.3) is 0 Å². The maximum absolute atomic E-state index is 11.6. The molecule has 0 aromatic heterocycles. The topological polar surface area (TPSA) is 58.6 Å². The first-order valence-electron chi connectivity index (χ1n) is 6.37. The molecule has 1 amide bonds. The van der Waals surface area contributed by atoms with Gasteiger partial charge in [0.25, 0.3) is 0 Å². The van der Waals surface area contributed by atoms with Gasteiger partial charge in [-0.05, 0) is 18.4 Å². The van der Waals surface area contributed by atoms with Gasteiger partial charge in [-0.25, -0.2) is 4.79 Å². The number of carbonyl (C=O) groups excluding carboxylic acids is 1. The van der Waals surface area contributed by atoms with Crippen molar-refractivity contribution in [1.82, 2.24) is 5.32 Å². The van der Waals surface area contributed by atoms with Crippen molar-refractivity contribution in [3.05, 3.63) is 35.9 Å². The van der Waals surface area contributed by atoms with E-state index in [9.17, 15) is 4.79 Å². The maximum Gasteiger partial charge on any atom is 0.407 e. The molecule has 0 fully saturated rings. The van der Waals surface area contributed by atoms with Crippen LogP contribution in [-0.2, 0) is 4.74 Å². The van der Waals surface area contributed by atoms with Gasteiger partial charge in [0.1, 0.15) is 0 Å². The third-order valence-electron chi connectivity index (χ3n) is 2.64. The predicted molar refractivity (Wildman–Crippen MR) is 70.3 cm³/mol. The summed E-state index contributed by atoms with van der Waals surface area (Å²) in [4.78, 5) is 11.6. The van der Waals surface area contributed by atoms with Crippen molar-refractivity contribution in [2.24, 2.45) is 0 Å². The molecule has 0 saturated carbocycles. The number of hydrogen-bond donors (Lipinski definition) is 2. The fourth-order valence-corrected chi connectivity index (χ4v) is 1.63. The van der Waals surface area contributed by atoms with Gasteiger partial charge in [-0.3, -0.25) is 0 Å². The molecule has 1 aromatic rings. The molecule has 0 spiro atoms. The van der Waals surface area contributed by atoms with Crippen LogP contribution in [0.1, 0.15) is 37.8 Å². The van der Waals surface area contributed by atoms with Crippen LogP contribution in [0.2, 0.25) is 0 Å². The normalized spacial score (nSPS) is 11.9. The molecule has 0 saturated heterocycles. The molecule has 1 rings (SSSR count). The molecule has 1 unspecified atom stereocenters. The van der Waals surface area contributed by atoms with Gasteiger partial charge in [-0.1, -0.05) is 43.7 Å². The number of hydrogen-bond acceptors (Lipinski definition) is 3. The summed E-state index contributed by atoms with van der Waals surface area (Å²) in [5.41, 5.74) is 0.971. The number of carbonyl (C=O) groups is 1. The quantitative estimate of drug-likeness (QED) is 0.732. The summed E-state index contributed by atoms with van der Waals surface area (Å²) in [6.45, 7) is 2.50. The fourth-order valence-electron chi connectivity index (χ4n) is 1.63. The van der Waals surface area contributed by atoms with E-state index in [4.69, 9.17) is 9.84 Å². The Bertz CT molecular complexity index is 340. The molecule has 0 radical (unpaired) electrons. The second-order valence-electron chi connectivity index (χ2n) is 4.11. The molecule has 100 valence electrons. The Hall–Kier alpha value is -1.55. The zero-order valence-corrected chi connectivity index (χ0v) is 10.8. The molecule has 0 bridgehead atoms. The minimum absolute atomic E-state index is 0.0226. The Labute approximate surface area is 108 Å². The third kappa shape index (κ3) is 5.19. The zero-order valence-electron chi connectivity index (χ0n) is 10.8. The Morgan fingerprint density at radius 1 is 1.39 bits per heavy atom. The Kier molecular flexibility index (Phi) is 6.87. The van der Waals surface area contributed by atoms with Crippen LogP contribution >= 0.6 is 0 Å².